The Kier molecular flexibility index (Phi) is 4.95. The van der Waals surface area contributed by atoms with Gasteiger partial charge in [0.25, 0.3) is 0 Å². The summed E-state index contributed by atoms with van der Waals surface area (Å²) in [6.07, 6.45) is 0.384. The molecule has 1 rings (SSSR count). The van der Waals surface area contributed by atoms with Crippen LogP contribution in [0.1, 0.15) is 27.2 Å². The zero-order valence-corrected chi connectivity index (χ0v) is 11.2. The molecule has 18 heavy (non-hydrogen) atoms. The fourth-order valence-corrected chi connectivity index (χ4v) is 2.24. The number of nitrogens with two attached hydrogens (primary N) is 1. The second kappa shape index (κ2) is 6.04. The van der Waals surface area contributed by atoms with Crippen LogP contribution < -0.4 is 11.1 Å². The summed E-state index contributed by atoms with van der Waals surface area (Å²) in [7, 11) is 0. The molecule has 3 unspecified atom stereocenters. The predicted molar refractivity (Wildman–Crippen MR) is 67.7 cm³/mol. The van der Waals surface area contributed by atoms with Crippen molar-refractivity contribution in [1.29, 1.82) is 0 Å². The van der Waals surface area contributed by atoms with E-state index in [1.165, 1.54) is 0 Å². The Morgan fingerprint density at radius 3 is 2.39 bits per heavy atom. The van der Waals surface area contributed by atoms with Gasteiger partial charge in [-0.1, -0.05) is 13.8 Å². The standard InChI is InChI=1S/C12H23N3O3/c1-7(2)10(14-12(13)18)11(17)15-5-4-9(6-15)8(3)16/h7-10,16H,4-6H2,1-3H3,(H3,13,14,18). The summed E-state index contributed by atoms with van der Waals surface area (Å²) >= 11 is 0. The van der Waals surface area contributed by atoms with Crippen LogP contribution in [0.3, 0.4) is 0 Å². The van der Waals surface area contributed by atoms with Crippen LogP contribution in [0.2, 0.25) is 0 Å². The van der Waals surface area contributed by atoms with E-state index >= 15 is 0 Å². The maximum absolute atomic E-state index is 12.3. The van der Waals surface area contributed by atoms with Crippen LogP contribution in [-0.2, 0) is 4.79 Å². The van der Waals surface area contributed by atoms with Gasteiger partial charge in [0, 0.05) is 19.0 Å². The molecule has 0 aromatic heterocycles. The summed E-state index contributed by atoms with van der Waals surface area (Å²) in [6, 6.07) is -1.27. The highest BCUT2D eigenvalue weighted by Crippen LogP contribution is 2.21. The molecule has 6 heteroatoms. The van der Waals surface area contributed by atoms with Crippen molar-refractivity contribution in [1.82, 2.24) is 10.2 Å². The minimum absolute atomic E-state index is 0.0180. The number of nitrogens with zero attached hydrogens (tertiary/aromatic N) is 1. The van der Waals surface area contributed by atoms with Gasteiger partial charge in [0.15, 0.2) is 0 Å². The monoisotopic (exact) mass is 257 g/mol. The number of likely N-dealkylation sites (tertiary alicyclic amines) is 1. The number of urea groups is 1. The molecule has 1 aliphatic rings. The molecule has 0 aliphatic carbocycles. The topological polar surface area (TPSA) is 95.7 Å². The van der Waals surface area contributed by atoms with Crippen LogP contribution in [0, 0.1) is 11.8 Å². The van der Waals surface area contributed by atoms with Gasteiger partial charge in [-0.2, -0.15) is 0 Å². The quantitative estimate of drug-likeness (QED) is 0.656. The van der Waals surface area contributed by atoms with Crippen molar-refractivity contribution in [3.05, 3.63) is 0 Å². The maximum Gasteiger partial charge on any atom is 0.312 e. The zero-order valence-electron chi connectivity index (χ0n) is 11.2. The third kappa shape index (κ3) is 3.60. The number of carbonyl (C=O) groups excluding carboxylic acids is 2. The number of aliphatic hydroxyl groups excluding tert-OH is 1. The average molecular weight is 257 g/mol. The number of hydrogen-bond acceptors (Lipinski definition) is 3. The van der Waals surface area contributed by atoms with Crippen molar-refractivity contribution in [3.8, 4) is 0 Å². The van der Waals surface area contributed by atoms with Gasteiger partial charge in [-0.05, 0) is 19.3 Å². The fraction of sp³-hybridized carbons (Fsp3) is 0.833. The van der Waals surface area contributed by atoms with Crippen molar-refractivity contribution in [3.63, 3.8) is 0 Å². The van der Waals surface area contributed by atoms with Gasteiger partial charge in [0.1, 0.15) is 6.04 Å². The van der Waals surface area contributed by atoms with Crippen LogP contribution in [0.4, 0.5) is 4.79 Å². The fourth-order valence-electron chi connectivity index (χ4n) is 2.24. The van der Waals surface area contributed by atoms with Crippen LogP contribution in [0.15, 0.2) is 0 Å². The number of carbonyl (C=O) groups is 2. The van der Waals surface area contributed by atoms with E-state index in [0.717, 1.165) is 6.42 Å². The van der Waals surface area contributed by atoms with Gasteiger partial charge in [-0.25, -0.2) is 4.79 Å². The minimum atomic E-state index is -0.687. The van der Waals surface area contributed by atoms with Gasteiger partial charge in [-0.3, -0.25) is 4.79 Å². The molecule has 1 saturated heterocycles. The van der Waals surface area contributed by atoms with Gasteiger partial charge in [0.2, 0.25) is 5.91 Å². The van der Waals surface area contributed by atoms with Crippen molar-refractivity contribution in [2.45, 2.75) is 39.3 Å². The summed E-state index contributed by atoms with van der Waals surface area (Å²) in [6.45, 7) is 6.62. The average Bonchev–Trinajstić information content (AvgIpc) is 2.73. The lowest BCUT2D eigenvalue weighted by Gasteiger charge is -2.26. The molecule has 0 aromatic rings. The van der Waals surface area contributed by atoms with Crippen molar-refractivity contribution in [2.24, 2.45) is 17.6 Å². The summed E-state index contributed by atoms with van der Waals surface area (Å²) in [5, 5.41) is 12.0. The van der Waals surface area contributed by atoms with E-state index in [1.54, 1.807) is 11.8 Å². The van der Waals surface area contributed by atoms with Crippen LogP contribution in [0.5, 0.6) is 0 Å². The van der Waals surface area contributed by atoms with E-state index in [2.05, 4.69) is 5.32 Å². The molecule has 0 spiro atoms. The molecule has 1 heterocycles. The Labute approximate surface area is 108 Å². The molecule has 6 nitrogen and oxygen atoms in total. The van der Waals surface area contributed by atoms with Crippen molar-refractivity contribution < 1.29 is 14.7 Å². The van der Waals surface area contributed by atoms with E-state index in [-0.39, 0.29) is 17.7 Å². The largest absolute Gasteiger partial charge is 0.393 e. The highest BCUT2D eigenvalue weighted by molar-refractivity contribution is 5.87. The predicted octanol–water partition coefficient (Wildman–Crippen LogP) is -0.0914. The minimum Gasteiger partial charge on any atom is -0.393 e. The lowest BCUT2D eigenvalue weighted by atomic mass is 10.0. The van der Waals surface area contributed by atoms with Crippen LogP contribution in [0.25, 0.3) is 0 Å². The lowest BCUT2D eigenvalue weighted by Crippen LogP contribution is -2.52. The summed E-state index contributed by atoms with van der Waals surface area (Å²) in [5.41, 5.74) is 5.08. The SMILES string of the molecule is CC(C)C(NC(N)=O)C(=O)N1CCC(C(C)O)C1. The molecule has 1 fully saturated rings. The van der Waals surface area contributed by atoms with Crippen LogP contribution in [-0.4, -0.2) is 47.2 Å². The molecule has 0 aromatic carbocycles. The molecule has 4 N–H and O–H groups in total. The Morgan fingerprint density at radius 2 is 2.00 bits per heavy atom. The van der Waals surface area contributed by atoms with Crippen molar-refractivity contribution in [2.75, 3.05) is 13.1 Å². The number of aliphatic hydroxyl groups is 1. The zero-order chi connectivity index (χ0) is 13.9. The maximum atomic E-state index is 12.3. The number of primary amides is 1. The molecule has 3 amide bonds. The van der Waals surface area contributed by atoms with Gasteiger partial charge in [-0.15, -0.1) is 0 Å². The highest BCUT2D eigenvalue weighted by atomic mass is 16.3. The summed E-state index contributed by atoms with van der Waals surface area (Å²) in [4.78, 5) is 24.9. The Bertz CT molecular complexity index is 318. The molecular weight excluding hydrogens is 234 g/mol. The summed E-state index contributed by atoms with van der Waals surface area (Å²) in [5.74, 6) is -0.0158. The van der Waals surface area contributed by atoms with Gasteiger partial charge in [0.05, 0.1) is 6.10 Å². The normalized spacial score (nSPS) is 22.9. The molecule has 0 bridgehead atoms. The lowest BCUT2D eigenvalue weighted by molar-refractivity contribution is -0.133. The third-order valence-electron chi connectivity index (χ3n) is 3.45. The molecule has 0 saturated carbocycles. The Balaban J connectivity index is 2.64. The van der Waals surface area contributed by atoms with Crippen LogP contribution >= 0.6 is 0 Å². The Morgan fingerprint density at radius 1 is 1.39 bits per heavy atom. The van der Waals surface area contributed by atoms with E-state index in [0.29, 0.717) is 13.1 Å². The molecule has 0 radical (unpaired) electrons. The van der Waals surface area contributed by atoms with E-state index in [1.807, 2.05) is 13.8 Å². The molecule has 1 aliphatic heterocycles. The second-order valence-electron chi connectivity index (χ2n) is 5.30. The first-order valence-corrected chi connectivity index (χ1v) is 6.35. The third-order valence-corrected chi connectivity index (χ3v) is 3.45. The van der Waals surface area contributed by atoms with E-state index in [9.17, 15) is 14.7 Å². The number of rotatable bonds is 4. The van der Waals surface area contributed by atoms with Gasteiger partial charge < -0.3 is 21.1 Å². The number of hydrogen-bond donors (Lipinski definition) is 3. The number of nitrogens with one attached hydrogen (secondary N) is 1. The van der Waals surface area contributed by atoms with E-state index in [4.69, 9.17) is 5.73 Å². The first kappa shape index (κ1) is 14.8. The highest BCUT2D eigenvalue weighted by Gasteiger charge is 2.34. The molecular formula is C12H23N3O3. The summed E-state index contributed by atoms with van der Waals surface area (Å²) < 4.78 is 0. The second-order valence-corrected chi connectivity index (χ2v) is 5.30. The van der Waals surface area contributed by atoms with Gasteiger partial charge >= 0.3 is 6.03 Å². The molecule has 3 atom stereocenters. The van der Waals surface area contributed by atoms with E-state index < -0.39 is 18.2 Å². The molecule has 104 valence electrons. The number of amides is 3. The Hall–Kier alpha value is -1.30. The first-order chi connectivity index (χ1) is 8.32. The first-order valence-electron chi connectivity index (χ1n) is 6.35. The van der Waals surface area contributed by atoms with Crippen molar-refractivity contribution >= 4 is 11.9 Å². The smallest absolute Gasteiger partial charge is 0.312 e.